The second-order valence-electron chi connectivity index (χ2n) is 3.29. The number of rotatable bonds is 3. The molecule has 1 unspecified atom stereocenters. The Bertz CT molecular complexity index is 394. The first kappa shape index (κ1) is 11.9. The van der Waals surface area contributed by atoms with Crippen LogP contribution >= 0.6 is 15.9 Å². The largest absolute Gasteiger partial charge is 0.368 e. The molecule has 6 heteroatoms. The number of aryl methyl sites for hydroxylation is 2. The zero-order valence-corrected chi connectivity index (χ0v) is 10.4. The topological polar surface area (TPSA) is 80.9 Å². The Morgan fingerprint density at radius 1 is 1.47 bits per heavy atom. The molecule has 0 bridgehead atoms. The molecule has 1 aromatic heterocycles. The molecule has 1 rings (SSSR count). The molecule has 0 aliphatic heterocycles. The Morgan fingerprint density at radius 2 is 2.07 bits per heavy atom. The van der Waals surface area contributed by atoms with Gasteiger partial charge in [-0.3, -0.25) is 4.79 Å². The van der Waals surface area contributed by atoms with Gasteiger partial charge in [-0.25, -0.2) is 9.97 Å². The number of halogens is 1. The van der Waals surface area contributed by atoms with E-state index >= 15 is 0 Å². The Morgan fingerprint density at radius 3 is 2.60 bits per heavy atom. The van der Waals surface area contributed by atoms with E-state index in [9.17, 15) is 4.79 Å². The van der Waals surface area contributed by atoms with E-state index in [1.807, 2.05) is 6.92 Å². The SMILES string of the molecule is Cc1nc(C)c(Br)c(NC(C)C(N)=O)n1. The minimum Gasteiger partial charge on any atom is -0.368 e. The molecule has 3 N–H and O–H groups in total. The number of carbonyl (C=O) groups is 1. The minimum atomic E-state index is -0.463. The van der Waals surface area contributed by atoms with Crippen molar-refractivity contribution in [2.75, 3.05) is 5.32 Å². The molecule has 1 atom stereocenters. The van der Waals surface area contributed by atoms with Crippen molar-refractivity contribution >= 4 is 27.7 Å². The molecule has 0 radical (unpaired) electrons. The van der Waals surface area contributed by atoms with Crippen molar-refractivity contribution in [3.63, 3.8) is 0 Å². The summed E-state index contributed by atoms with van der Waals surface area (Å²) in [5, 5.41) is 2.92. The summed E-state index contributed by atoms with van der Waals surface area (Å²) < 4.78 is 0.751. The molecule has 0 fully saturated rings. The molecule has 0 aromatic carbocycles. The third-order valence-electron chi connectivity index (χ3n) is 1.91. The van der Waals surface area contributed by atoms with Gasteiger partial charge < -0.3 is 11.1 Å². The standard InChI is InChI=1S/C9H13BrN4O/c1-4-7(10)9(14-6(3)12-4)13-5(2)8(11)15/h5H,1-3H3,(H2,11,15)(H,12,13,14). The summed E-state index contributed by atoms with van der Waals surface area (Å²) in [7, 11) is 0. The molecule has 0 aliphatic carbocycles. The van der Waals surface area contributed by atoms with Gasteiger partial charge in [0.15, 0.2) is 0 Å². The molecule has 0 saturated heterocycles. The Kier molecular flexibility index (Phi) is 3.62. The highest BCUT2D eigenvalue weighted by molar-refractivity contribution is 9.10. The highest BCUT2D eigenvalue weighted by atomic mass is 79.9. The number of hydrogen-bond donors (Lipinski definition) is 2. The summed E-state index contributed by atoms with van der Waals surface area (Å²) in [5.41, 5.74) is 5.97. The van der Waals surface area contributed by atoms with Gasteiger partial charge in [-0.05, 0) is 36.7 Å². The van der Waals surface area contributed by atoms with Crippen molar-refractivity contribution in [1.29, 1.82) is 0 Å². The molecule has 1 aromatic rings. The van der Waals surface area contributed by atoms with Crippen LogP contribution in [0.5, 0.6) is 0 Å². The van der Waals surface area contributed by atoms with Crippen LogP contribution in [0.25, 0.3) is 0 Å². The number of aromatic nitrogens is 2. The zero-order chi connectivity index (χ0) is 11.6. The fraction of sp³-hybridized carbons (Fsp3) is 0.444. The van der Waals surface area contributed by atoms with Gasteiger partial charge in [-0.2, -0.15) is 0 Å². The van der Waals surface area contributed by atoms with Crippen molar-refractivity contribution in [2.24, 2.45) is 5.73 Å². The number of amides is 1. The first-order valence-corrected chi connectivity index (χ1v) is 5.27. The van der Waals surface area contributed by atoms with Crippen LogP contribution in [-0.4, -0.2) is 21.9 Å². The Hall–Kier alpha value is -1.17. The van der Waals surface area contributed by atoms with Crippen LogP contribution in [0.1, 0.15) is 18.4 Å². The van der Waals surface area contributed by atoms with Crippen LogP contribution in [0.2, 0.25) is 0 Å². The maximum atomic E-state index is 10.9. The molecule has 0 saturated carbocycles. The van der Waals surface area contributed by atoms with Crippen molar-refractivity contribution in [2.45, 2.75) is 26.8 Å². The average Bonchev–Trinajstić information content (AvgIpc) is 2.13. The van der Waals surface area contributed by atoms with E-state index in [4.69, 9.17) is 5.73 Å². The highest BCUT2D eigenvalue weighted by Gasteiger charge is 2.13. The van der Waals surface area contributed by atoms with Crippen molar-refractivity contribution in [3.8, 4) is 0 Å². The van der Waals surface area contributed by atoms with E-state index in [0.717, 1.165) is 10.2 Å². The zero-order valence-electron chi connectivity index (χ0n) is 8.84. The van der Waals surface area contributed by atoms with Gasteiger partial charge in [0.05, 0.1) is 10.2 Å². The second-order valence-corrected chi connectivity index (χ2v) is 4.08. The predicted octanol–water partition coefficient (Wildman–Crippen LogP) is 1.14. The lowest BCUT2D eigenvalue weighted by Crippen LogP contribution is -2.33. The van der Waals surface area contributed by atoms with Gasteiger partial charge in [0.25, 0.3) is 0 Å². The average molecular weight is 273 g/mol. The first-order chi connectivity index (χ1) is 6.91. The minimum absolute atomic E-state index is 0.421. The number of nitrogens with two attached hydrogens (primary N) is 1. The maximum absolute atomic E-state index is 10.9. The third kappa shape index (κ3) is 2.89. The number of nitrogens with one attached hydrogen (secondary N) is 1. The summed E-state index contributed by atoms with van der Waals surface area (Å²) in [6, 6.07) is -0.463. The van der Waals surface area contributed by atoms with E-state index in [1.165, 1.54) is 0 Å². The Labute approximate surface area is 96.6 Å². The summed E-state index contributed by atoms with van der Waals surface area (Å²) >= 11 is 3.35. The molecule has 5 nitrogen and oxygen atoms in total. The van der Waals surface area contributed by atoms with E-state index in [0.29, 0.717) is 11.6 Å². The number of carbonyl (C=O) groups excluding carboxylic acids is 1. The molecule has 0 spiro atoms. The first-order valence-electron chi connectivity index (χ1n) is 4.48. The summed E-state index contributed by atoms with van der Waals surface area (Å²) in [5.74, 6) is 0.817. The fourth-order valence-corrected chi connectivity index (χ4v) is 1.36. The molecule has 0 aliphatic rings. The van der Waals surface area contributed by atoms with E-state index in [-0.39, 0.29) is 0 Å². The normalized spacial score (nSPS) is 12.3. The molecular formula is C9H13BrN4O. The van der Waals surface area contributed by atoms with Crippen LogP contribution < -0.4 is 11.1 Å². The summed E-state index contributed by atoms with van der Waals surface area (Å²) in [4.78, 5) is 19.2. The third-order valence-corrected chi connectivity index (χ3v) is 2.86. The van der Waals surface area contributed by atoms with E-state index < -0.39 is 11.9 Å². The van der Waals surface area contributed by atoms with Crippen LogP contribution in [0.4, 0.5) is 5.82 Å². The second kappa shape index (κ2) is 4.57. The molecular weight excluding hydrogens is 260 g/mol. The summed E-state index contributed by atoms with van der Waals surface area (Å²) in [6.45, 7) is 5.33. The predicted molar refractivity (Wildman–Crippen MR) is 61.5 cm³/mol. The quantitative estimate of drug-likeness (QED) is 0.865. The van der Waals surface area contributed by atoms with Gasteiger partial charge in [0, 0.05) is 0 Å². The number of hydrogen-bond acceptors (Lipinski definition) is 4. The lowest BCUT2D eigenvalue weighted by Gasteiger charge is -2.13. The summed E-state index contributed by atoms with van der Waals surface area (Å²) in [6.07, 6.45) is 0. The van der Waals surface area contributed by atoms with Crippen LogP contribution in [0.15, 0.2) is 4.47 Å². The maximum Gasteiger partial charge on any atom is 0.239 e. The molecule has 82 valence electrons. The van der Waals surface area contributed by atoms with Crippen LogP contribution in [0, 0.1) is 13.8 Å². The monoisotopic (exact) mass is 272 g/mol. The van der Waals surface area contributed by atoms with E-state index in [2.05, 4.69) is 31.2 Å². The van der Waals surface area contributed by atoms with E-state index in [1.54, 1.807) is 13.8 Å². The lowest BCUT2D eigenvalue weighted by atomic mass is 10.3. The smallest absolute Gasteiger partial charge is 0.239 e. The molecule has 1 amide bonds. The van der Waals surface area contributed by atoms with Gasteiger partial charge in [0.2, 0.25) is 5.91 Å². The lowest BCUT2D eigenvalue weighted by molar-refractivity contribution is -0.118. The van der Waals surface area contributed by atoms with Crippen molar-refractivity contribution in [3.05, 3.63) is 16.0 Å². The fourth-order valence-electron chi connectivity index (χ4n) is 1.07. The highest BCUT2D eigenvalue weighted by Crippen LogP contribution is 2.23. The van der Waals surface area contributed by atoms with Gasteiger partial charge >= 0.3 is 0 Å². The van der Waals surface area contributed by atoms with Crippen molar-refractivity contribution < 1.29 is 4.79 Å². The molecule has 15 heavy (non-hydrogen) atoms. The number of primary amides is 1. The number of nitrogens with zero attached hydrogens (tertiary/aromatic N) is 2. The van der Waals surface area contributed by atoms with Crippen LogP contribution in [-0.2, 0) is 4.79 Å². The van der Waals surface area contributed by atoms with Gasteiger partial charge in [-0.15, -0.1) is 0 Å². The van der Waals surface area contributed by atoms with Gasteiger partial charge in [0.1, 0.15) is 17.7 Å². The Balaban J connectivity index is 2.99. The molecule has 1 heterocycles. The number of anilines is 1. The van der Waals surface area contributed by atoms with Crippen LogP contribution in [0.3, 0.4) is 0 Å². The van der Waals surface area contributed by atoms with Gasteiger partial charge in [-0.1, -0.05) is 0 Å². The van der Waals surface area contributed by atoms with Crippen molar-refractivity contribution in [1.82, 2.24) is 9.97 Å².